The summed E-state index contributed by atoms with van der Waals surface area (Å²) in [5, 5.41) is 0. The lowest BCUT2D eigenvalue weighted by Crippen LogP contribution is -2.37. The Kier molecular flexibility index (Phi) is 49.1. The normalized spacial score (nSPS) is 14.0. The number of hydrogen-bond acceptors (Lipinski definition) is 8. The highest BCUT2D eigenvalue weighted by atomic mass is 31.2. The maximum atomic E-state index is 12.8. The molecule has 0 aliphatic heterocycles. The molecule has 0 aliphatic rings. The Balaban J connectivity index is 4.05. The van der Waals surface area contributed by atoms with Crippen LogP contribution in [0.5, 0.6) is 0 Å². The number of phosphoric acid groups is 1. The molecule has 0 radical (unpaired) electrons. The highest BCUT2D eigenvalue weighted by molar-refractivity contribution is 7.45. The molecule has 404 valence electrons. The zero-order chi connectivity index (χ0) is 51.3. The van der Waals surface area contributed by atoms with Crippen molar-refractivity contribution in [3.8, 4) is 0 Å². The summed E-state index contributed by atoms with van der Waals surface area (Å²) < 4.78 is 34.1. The molecule has 2 atom stereocenters. The average Bonchev–Trinajstić information content (AvgIpc) is 3.32. The van der Waals surface area contributed by atoms with Gasteiger partial charge in [-0.1, -0.05) is 221 Å². The Morgan fingerprint density at radius 1 is 0.457 bits per heavy atom. The van der Waals surface area contributed by atoms with Crippen molar-refractivity contribution in [2.45, 2.75) is 238 Å². The van der Waals surface area contributed by atoms with Crippen molar-refractivity contribution in [1.82, 2.24) is 0 Å². The summed E-state index contributed by atoms with van der Waals surface area (Å²) in [4.78, 5) is 37.7. The lowest BCUT2D eigenvalue weighted by molar-refractivity contribution is -0.870. The maximum absolute atomic E-state index is 12.8. The fourth-order valence-electron chi connectivity index (χ4n) is 7.54. The number of phosphoric ester groups is 1. The zero-order valence-corrected chi connectivity index (χ0v) is 46.6. The first kappa shape index (κ1) is 67.2. The summed E-state index contributed by atoms with van der Waals surface area (Å²) >= 11 is 0. The zero-order valence-electron chi connectivity index (χ0n) is 45.7. The minimum Gasteiger partial charge on any atom is -0.756 e. The molecule has 70 heavy (non-hydrogen) atoms. The molecule has 0 fully saturated rings. The molecule has 2 unspecified atom stereocenters. The standard InChI is InChI=1S/C60H106NO8P/c1-6-8-10-12-14-16-18-20-21-22-23-24-25-26-27-28-29-30-31-32-33-34-35-36-37-38-39-41-43-45-47-49-51-53-60(63)69-58(57-68-70(64,65)67-55-54-61(3,4)5)56-66-59(62)52-50-48-46-44-42-40-19-17-15-13-11-9-7-2/h8,10-11,13-14,16-17,19-21,23-24,26-27,58H,6-7,9,12,15,18,22,25,28-57H2,1-5H3/b10-8-,13-11-,16-14-,19-17-,21-20-,24-23-,27-26-. The van der Waals surface area contributed by atoms with Gasteiger partial charge in [0.15, 0.2) is 6.10 Å². The van der Waals surface area contributed by atoms with Crippen LogP contribution in [0.15, 0.2) is 85.1 Å². The largest absolute Gasteiger partial charge is 0.756 e. The first-order valence-electron chi connectivity index (χ1n) is 28.3. The van der Waals surface area contributed by atoms with E-state index < -0.39 is 32.5 Å². The molecule has 0 aromatic heterocycles. The molecule has 0 aromatic rings. The number of carbonyl (C=O) groups is 2. The Bertz CT molecular complexity index is 1460. The second-order valence-electron chi connectivity index (χ2n) is 19.9. The lowest BCUT2D eigenvalue weighted by Gasteiger charge is -2.28. The number of esters is 2. The van der Waals surface area contributed by atoms with Crippen molar-refractivity contribution in [1.29, 1.82) is 0 Å². The molecule has 0 N–H and O–H groups in total. The topological polar surface area (TPSA) is 111 Å². The third-order valence-electron chi connectivity index (χ3n) is 11.9. The number of nitrogens with zero attached hydrogens (tertiary/aromatic N) is 1. The van der Waals surface area contributed by atoms with Gasteiger partial charge < -0.3 is 27.9 Å². The van der Waals surface area contributed by atoms with Crippen LogP contribution < -0.4 is 4.89 Å². The van der Waals surface area contributed by atoms with Crippen molar-refractivity contribution in [2.24, 2.45) is 0 Å². The molecule has 9 nitrogen and oxygen atoms in total. The van der Waals surface area contributed by atoms with E-state index in [9.17, 15) is 19.0 Å². The Hall–Kier alpha value is -2.81. The van der Waals surface area contributed by atoms with Gasteiger partial charge in [0, 0.05) is 12.8 Å². The molecular weight excluding hydrogens is 894 g/mol. The summed E-state index contributed by atoms with van der Waals surface area (Å²) in [5.74, 6) is -0.849. The van der Waals surface area contributed by atoms with E-state index in [1.165, 1.54) is 96.3 Å². The number of hydrogen-bond donors (Lipinski definition) is 0. The third kappa shape index (κ3) is 54.5. The molecule has 10 heteroatoms. The van der Waals surface area contributed by atoms with E-state index in [1.807, 2.05) is 21.1 Å². The van der Waals surface area contributed by atoms with E-state index in [0.717, 1.165) is 96.3 Å². The molecule has 0 bridgehead atoms. The Morgan fingerprint density at radius 2 is 0.814 bits per heavy atom. The van der Waals surface area contributed by atoms with Crippen molar-refractivity contribution in [3.05, 3.63) is 85.1 Å². The van der Waals surface area contributed by atoms with E-state index in [-0.39, 0.29) is 26.1 Å². The van der Waals surface area contributed by atoms with Crippen molar-refractivity contribution in [3.63, 3.8) is 0 Å². The molecule has 0 heterocycles. The lowest BCUT2D eigenvalue weighted by atomic mass is 10.0. The van der Waals surface area contributed by atoms with Crippen LogP contribution in [-0.2, 0) is 32.7 Å². The predicted octanol–water partition coefficient (Wildman–Crippen LogP) is 16.8. The number of allylic oxidation sites excluding steroid dienone is 14. The van der Waals surface area contributed by atoms with Gasteiger partial charge in [0.05, 0.1) is 27.7 Å². The van der Waals surface area contributed by atoms with Gasteiger partial charge in [-0.25, -0.2) is 0 Å². The first-order chi connectivity index (χ1) is 34.0. The van der Waals surface area contributed by atoms with E-state index in [0.29, 0.717) is 23.9 Å². The van der Waals surface area contributed by atoms with Crippen molar-refractivity contribution in [2.75, 3.05) is 47.5 Å². The minimum absolute atomic E-state index is 0.0353. The van der Waals surface area contributed by atoms with Gasteiger partial charge in [-0.3, -0.25) is 14.2 Å². The molecule has 0 amide bonds. The second-order valence-corrected chi connectivity index (χ2v) is 21.3. The summed E-state index contributed by atoms with van der Waals surface area (Å²) in [6, 6.07) is 0. The molecule has 0 aromatic carbocycles. The summed E-state index contributed by atoms with van der Waals surface area (Å²) in [7, 11) is 1.15. The fourth-order valence-corrected chi connectivity index (χ4v) is 8.27. The second kappa shape index (κ2) is 51.1. The molecular formula is C60H106NO8P. The number of quaternary nitrogens is 1. The van der Waals surface area contributed by atoms with E-state index in [1.54, 1.807) is 0 Å². The molecule has 0 spiro atoms. The van der Waals surface area contributed by atoms with E-state index in [2.05, 4.69) is 98.9 Å². The van der Waals surface area contributed by atoms with Crippen LogP contribution in [0, 0.1) is 0 Å². The number of rotatable bonds is 51. The molecule has 0 saturated heterocycles. The molecule has 0 saturated carbocycles. The van der Waals surface area contributed by atoms with Gasteiger partial charge in [-0.15, -0.1) is 0 Å². The quantitative estimate of drug-likeness (QED) is 0.0195. The van der Waals surface area contributed by atoms with Gasteiger partial charge in [0.25, 0.3) is 7.82 Å². The molecule has 0 aliphatic carbocycles. The Labute approximate surface area is 431 Å². The summed E-state index contributed by atoms with van der Waals surface area (Å²) in [6.45, 7) is 4.04. The summed E-state index contributed by atoms with van der Waals surface area (Å²) in [5.41, 5.74) is 0. The number of ether oxygens (including phenoxy) is 2. The van der Waals surface area contributed by atoms with E-state index >= 15 is 0 Å². The van der Waals surface area contributed by atoms with Crippen LogP contribution in [0.2, 0.25) is 0 Å². The van der Waals surface area contributed by atoms with Crippen LogP contribution in [0.1, 0.15) is 232 Å². The highest BCUT2D eigenvalue weighted by Gasteiger charge is 2.21. The van der Waals surface area contributed by atoms with Crippen LogP contribution in [0.4, 0.5) is 0 Å². The minimum atomic E-state index is -4.64. The fraction of sp³-hybridized carbons (Fsp3) is 0.733. The Morgan fingerprint density at radius 3 is 1.21 bits per heavy atom. The smallest absolute Gasteiger partial charge is 0.306 e. The summed E-state index contributed by atoms with van der Waals surface area (Å²) in [6.07, 6.45) is 67.8. The highest BCUT2D eigenvalue weighted by Crippen LogP contribution is 2.38. The third-order valence-corrected chi connectivity index (χ3v) is 12.8. The average molecular weight is 1000 g/mol. The maximum Gasteiger partial charge on any atom is 0.306 e. The number of carbonyl (C=O) groups excluding carboxylic acids is 2. The SMILES string of the molecule is CC/C=C\C/C=C\C/C=C\C/C=C\C/C=C\CCCCCCCCCCCCCCCCCCCC(=O)OC(COC(=O)CCCCCCC/C=C\C/C=C\CCC)COP(=O)([O-])OCC[N+](C)(C)C. The van der Waals surface area contributed by atoms with Gasteiger partial charge in [-0.05, 0) is 83.5 Å². The van der Waals surface area contributed by atoms with Gasteiger partial charge >= 0.3 is 11.9 Å². The monoisotopic (exact) mass is 1000 g/mol. The first-order valence-corrected chi connectivity index (χ1v) is 29.8. The number of likely N-dealkylation sites (N-methyl/N-ethyl adjacent to an activating group) is 1. The predicted molar refractivity (Wildman–Crippen MR) is 296 cm³/mol. The van der Waals surface area contributed by atoms with Crippen LogP contribution in [0.25, 0.3) is 0 Å². The van der Waals surface area contributed by atoms with E-state index in [4.69, 9.17) is 18.5 Å². The number of unbranched alkanes of at least 4 members (excludes halogenated alkanes) is 23. The van der Waals surface area contributed by atoms with Crippen molar-refractivity contribution < 1.29 is 42.1 Å². The molecule has 0 rings (SSSR count). The van der Waals surface area contributed by atoms with Crippen LogP contribution in [0.3, 0.4) is 0 Å². The van der Waals surface area contributed by atoms with Crippen LogP contribution in [-0.4, -0.2) is 70.0 Å². The van der Waals surface area contributed by atoms with Gasteiger partial charge in [0.2, 0.25) is 0 Å². The van der Waals surface area contributed by atoms with Crippen molar-refractivity contribution >= 4 is 19.8 Å². The van der Waals surface area contributed by atoms with Gasteiger partial charge in [-0.2, -0.15) is 0 Å². The van der Waals surface area contributed by atoms with Crippen LogP contribution >= 0.6 is 7.82 Å². The van der Waals surface area contributed by atoms with Gasteiger partial charge in [0.1, 0.15) is 19.8 Å².